The topological polar surface area (TPSA) is 53.1 Å². The third-order valence-electron chi connectivity index (χ3n) is 7.17. The second-order valence-electron chi connectivity index (χ2n) is 9.27. The summed E-state index contributed by atoms with van der Waals surface area (Å²) in [6, 6.07) is 11.9. The summed E-state index contributed by atoms with van der Waals surface area (Å²) in [6.45, 7) is 7.16. The second-order valence-corrected chi connectivity index (χ2v) is 10.3. The molecule has 1 aromatic heterocycles. The first kappa shape index (κ1) is 24.7. The normalized spacial score (nSPS) is 21.6. The molecule has 3 heterocycles. The third kappa shape index (κ3) is 5.63. The largest absolute Gasteiger partial charge is 0.496 e. The lowest BCUT2D eigenvalue weighted by Crippen LogP contribution is -2.54. The molecule has 2 fully saturated rings. The molecular formula is C27H37N3O3S. The molecule has 0 N–H and O–H groups in total. The Hall–Kier alpha value is -2.38. The molecule has 2 aliphatic rings. The Morgan fingerprint density at radius 1 is 1.09 bits per heavy atom. The van der Waals surface area contributed by atoms with Crippen LogP contribution in [-0.2, 0) is 16.0 Å². The van der Waals surface area contributed by atoms with Crippen molar-refractivity contribution in [2.75, 3.05) is 46.4 Å². The molecule has 0 spiro atoms. The molecular weight excluding hydrogens is 446 g/mol. The fourth-order valence-corrected chi connectivity index (χ4v) is 5.95. The lowest BCUT2D eigenvalue weighted by Gasteiger charge is -2.44. The standard InChI is InChI=1S/C27H37N3O3S/c1-3-4-14-30-25(31)12-11-23(26(30)22-9-5-6-10-24(22)33-2)27(32)29-18-16-28(17-19-29)15-13-21-8-7-20-34-21/h5-10,20,23,26H,3-4,11-19H2,1-2H3. The highest BCUT2D eigenvalue weighted by molar-refractivity contribution is 7.09. The number of unbranched alkanes of at least 4 members (excludes halogenated alkanes) is 1. The number of carbonyl (C=O) groups is 2. The summed E-state index contributed by atoms with van der Waals surface area (Å²) in [7, 11) is 1.66. The number of thiophene rings is 1. The Balaban J connectivity index is 1.48. The molecule has 34 heavy (non-hydrogen) atoms. The maximum Gasteiger partial charge on any atom is 0.228 e. The zero-order chi connectivity index (χ0) is 23.9. The predicted molar refractivity (Wildman–Crippen MR) is 136 cm³/mol. The third-order valence-corrected chi connectivity index (χ3v) is 8.11. The molecule has 2 atom stereocenters. The van der Waals surface area contributed by atoms with Gasteiger partial charge in [-0.1, -0.05) is 37.6 Å². The van der Waals surface area contributed by atoms with Crippen molar-refractivity contribution >= 4 is 23.2 Å². The fourth-order valence-electron chi connectivity index (χ4n) is 5.25. The molecule has 0 aliphatic carbocycles. The maximum atomic E-state index is 13.8. The van der Waals surface area contributed by atoms with Crippen molar-refractivity contribution in [2.24, 2.45) is 5.92 Å². The highest BCUT2D eigenvalue weighted by Gasteiger charge is 2.43. The molecule has 0 saturated carbocycles. The maximum absolute atomic E-state index is 13.8. The van der Waals surface area contributed by atoms with Crippen LogP contribution in [0, 0.1) is 5.92 Å². The molecule has 184 valence electrons. The van der Waals surface area contributed by atoms with E-state index in [9.17, 15) is 9.59 Å². The SMILES string of the molecule is CCCCN1C(=O)CCC(C(=O)N2CCN(CCc3cccs3)CC2)C1c1ccccc1OC. The lowest BCUT2D eigenvalue weighted by molar-refractivity contribution is -0.149. The number of piperidine rings is 1. The van der Waals surface area contributed by atoms with Crippen molar-refractivity contribution in [1.29, 1.82) is 0 Å². The van der Waals surface area contributed by atoms with E-state index in [4.69, 9.17) is 4.74 Å². The van der Waals surface area contributed by atoms with Crippen molar-refractivity contribution in [3.05, 3.63) is 52.2 Å². The van der Waals surface area contributed by atoms with Crippen LogP contribution < -0.4 is 4.74 Å². The number of methoxy groups -OCH3 is 1. The van der Waals surface area contributed by atoms with E-state index < -0.39 is 0 Å². The van der Waals surface area contributed by atoms with Gasteiger partial charge in [-0.25, -0.2) is 0 Å². The van der Waals surface area contributed by atoms with E-state index in [2.05, 4.69) is 29.3 Å². The van der Waals surface area contributed by atoms with Crippen LogP contribution in [0.25, 0.3) is 0 Å². The van der Waals surface area contributed by atoms with Crippen LogP contribution in [0.1, 0.15) is 49.1 Å². The van der Waals surface area contributed by atoms with Gasteiger partial charge < -0.3 is 14.5 Å². The number of para-hydroxylation sites is 1. The number of amides is 2. The molecule has 7 heteroatoms. The average molecular weight is 484 g/mol. The Labute approximate surface area is 207 Å². The quantitative estimate of drug-likeness (QED) is 0.536. The zero-order valence-corrected chi connectivity index (χ0v) is 21.3. The van der Waals surface area contributed by atoms with Crippen LogP contribution >= 0.6 is 11.3 Å². The van der Waals surface area contributed by atoms with Crippen molar-refractivity contribution in [3.63, 3.8) is 0 Å². The minimum Gasteiger partial charge on any atom is -0.496 e. The molecule has 2 amide bonds. The van der Waals surface area contributed by atoms with E-state index in [-0.39, 0.29) is 23.8 Å². The number of piperazine rings is 1. The number of benzene rings is 1. The number of rotatable bonds is 9. The van der Waals surface area contributed by atoms with Gasteiger partial charge in [0.2, 0.25) is 11.8 Å². The summed E-state index contributed by atoms with van der Waals surface area (Å²) in [4.78, 5) is 34.7. The molecule has 2 unspecified atom stereocenters. The summed E-state index contributed by atoms with van der Waals surface area (Å²) in [5.74, 6) is 0.845. The van der Waals surface area contributed by atoms with E-state index in [1.54, 1.807) is 7.11 Å². The van der Waals surface area contributed by atoms with Gasteiger partial charge in [0, 0.05) is 56.1 Å². The Morgan fingerprint density at radius 3 is 2.59 bits per heavy atom. The van der Waals surface area contributed by atoms with Crippen LogP contribution in [0.15, 0.2) is 41.8 Å². The van der Waals surface area contributed by atoms with E-state index in [1.165, 1.54) is 4.88 Å². The number of carbonyl (C=O) groups excluding carboxylic acids is 2. The molecule has 1 aromatic carbocycles. The van der Waals surface area contributed by atoms with Gasteiger partial charge in [0.1, 0.15) is 5.75 Å². The van der Waals surface area contributed by atoms with Crippen LogP contribution in [0.2, 0.25) is 0 Å². The van der Waals surface area contributed by atoms with Gasteiger partial charge in [0.15, 0.2) is 0 Å². The van der Waals surface area contributed by atoms with Gasteiger partial charge in [0.25, 0.3) is 0 Å². The van der Waals surface area contributed by atoms with E-state index in [0.717, 1.165) is 63.3 Å². The zero-order valence-electron chi connectivity index (χ0n) is 20.4. The Bertz CT molecular complexity index is 940. The lowest BCUT2D eigenvalue weighted by atomic mass is 9.82. The molecule has 6 nitrogen and oxygen atoms in total. The van der Waals surface area contributed by atoms with E-state index in [0.29, 0.717) is 19.4 Å². The van der Waals surface area contributed by atoms with Crippen LogP contribution in [0.3, 0.4) is 0 Å². The van der Waals surface area contributed by atoms with Gasteiger partial charge >= 0.3 is 0 Å². The highest BCUT2D eigenvalue weighted by Crippen LogP contribution is 2.41. The Morgan fingerprint density at radius 2 is 1.88 bits per heavy atom. The van der Waals surface area contributed by atoms with Gasteiger partial charge in [0.05, 0.1) is 19.1 Å². The van der Waals surface area contributed by atoms with Crippen LogP contribution in [0.5, 0.6) is 5.75 Å². The first-order valence-corrected chi connectivity index (χ1v) is 13.5. The molecule has 4 rings (SSSR count). The predicted octanol–water partition coefficient (Wildman–Crippen LogP) is 4.22. The van der Waals surface area contributed by atoms with Crippen LogP contribution in [0.4, 0.5) is 0 Å². The van der Waals surface area contributed by atoms with Crippen molar-refractivity contribution in [1.82, 2.24) is 14.7 Å². The van der Waals surface area contributed by atoms with Gasteiger partial charge in [-0.3, -0.25) is 14.5 Å². The number of likely N-dealkylation sites (tertiary alicyclic amines) is 1. The van der Waals surface area contributed by atoms with Gasteiger partial charge in [-0.2, -0.15) is 0 Å². The Kier molecular flexibility index (Phi) is 8.62. The number of hydrogen-bond acceptors (Lipinski definition) is 5. The minimum atomic E-state index is -0.270. The van der Waals surface area contributed by atoms with Crippen LogP contribution in [-0.4, -0.2) is 72.9 Å². The highest BCUT2D eigenvalue weighted by atomic mass is 32.1. The summed E-state index contributed by atoms with van der Waals surface area (Å²) >= 11 is 1.81. The molecule has 2 saturated heterocycles. The molecule has 2 aliphatic heterocycles. The van der Waals surface area contributed by atoms with Crippen molar-refractivity contribution in [2.45, 2.75) is 45.1 Å². The molecule has 0 bridgehead atoms. The van der Waals surface area contributed by atoms with Crippen molar-refractivity contribution in [3.8, 4) is 5.75 Å². The fraction of sp³-hybridized carbons (Fsp3) is 0.556. The van der Waals surface area contributed by atoms with Crippen molar-refractivity contribution < 1.29 is 14.3 Å². The first-order chi connectivity index (χ1) is 16.6. The smallest absolute Gasteiger partial charge is 0.228 e. The average Bonchev–Trinajstić information content (AvgIpc) is 3.40. The minimum absolute atomic E-state index is 0.145. The summed E-state index contributed by atoms with van der Waals surface area (Å²) in [6.07, 6.45) is 4.04. The second kappa shape index (κ2) is 11.8. The van der Waals surface area contributed by atoms with E-state index in [1.807, 2.05) is 45.4 Å². The molecule has 2 aromatic rings. The number of hydrogen-bond donors (Lipinski definition) is 0. The molecule has 0 radical (unpaired) electrons. The number of ether oxygens (including phenoxy) is 1. The van der Waals surface area contributed by atoms with Gasteiger partial charge in [-0.05, 0) is 36.8 Å². The summed E-state index contributed by atoms with van der Waals surface area (Å²) in [5.41, 5.74) is 0.946. The first-order valence-electron chi connectivity index (χ1n) is 12.6. The summed E-state index contributed by atoms with van der Waals surface area (Å²) in [5, 5.41) is 2.13. The number of nitrogens with zero attached hydrogens (tertiary/aromatic N) is 3. The summed E-state index contributed by atoms with van der Waals surface area (Å²) < 4.78 is 5.66. The monoisotopic (exact) mass is 483 g/mol. The van der Waals surface area contributed by atoms with Gasteiger partial charge in [-0.15, -0.1) is 11.3 Å². The van der Waals surface area contributed by atoms with E-state index >= 15 is 0 Å².